The van der Waals surface area contributed by atoms with Crippen LogP contribution in [0.25, 0.3) is 22.2 Å². The molecule has 1 atom stereocenters. The fourth-order valence-electron chi connectivity index (χ4n) is 3.87. The Labute approximate surface area is 183 Å². The van der Waals surface area contributed by atoms with Gasteiger partial charge in [-0.1, -0.05) is 35.9 Å². The molecule has 158 valence electrons. The molecule has 0 spiro atoms. The minimum absolute atomic E-state index is 0.0699. The van der Waals surface area contributed by atoms with Crippen molar-refractivity contribution in [2.75, 3.05) is 18.9 Å². The highest BCUT2D eigenvalue weighted by atomic mass is 35.5. The second kappa shape index (κ2) is 8.17. The first-order chi connectivity index (χ1) is 15.1. The van der Waals surface area contributed by atoms with E-state index in [1.807, 2.05) is 48.5 Å². The van der Waals surface area contributed by atoms with Crippen LogP contribution in [-0.2, 0) is 16.0 Å². The molecule has 5 rings (SSSR count). The molecule has 0 saturated carbocycles. The number of ether oxygens (including phenoxy) is 2. The fraction of sp³-hybridized carbons (Fsp3) is 0.261. The van der Waals surface area contributed by atoms with E-state index < -0.39 is 5.97 Å². The molecule has 0 bridgehead atoms. The molecule has 2 N–H and O–H groups in total. The van der Waals surface area contributed by atoms with Gasteiger partial charge >= 0.3 is 5.97 Å². The normalized spacial score (nSPS) is 16.2. The van der Waals surface area contributed by atoms with Gasteiger partial charge in [-0.25, -0.2) is 14.8 Å². The summed E-state index contributed by atoms with van der Waals surface area (Å²) in [4.78, 5) is 22.5. The van der Waals surface area contributed by atoms with Crippen LogP contribution in [0.1, 0.15) is 28.8 Å². The average Bonchev–Trinajstić information content (AvgIpc) is 3.39. The second-order valence-corrected chi connectivity index (χ2v) is 8.03. The van der Waals surface area contributed by atoms with Gasteiger partial charge in [-0.15, -0.1) is 0 Å². The van der Waals surface area contributed by atoms with Crippen LogP contribution in [-0.4, -0.2) is 39.8 Å². The van der Waals surface area contributed by atoms with Gasteiger partial charge in [0, 0.05) is 11.6 Å². The molecule has 1 fully saturated rings. The van der Waals surface area contributed by atoms with Crippen LogP contribution >= 0.6 is 11.6 Å². The monoisotopic (exact) mass is 436 g/mol. The van der Waals surface area contributed by atoms with Gasteiger partial charge < -0.3 is 19.8 Å². The molecule has 31 heavy (non-hydrogen) atoms. The van der Waals surface area contributed by atoms with Crippen LogP contribution in [0.2, 0.25) is 5.02 Å². The van der Waals surface area contributed by atoms with E-state index in [4.69, 9.17) is 36.8 Å². The number of anilines is 1. The van der Waals surface area contributed by atoms with Gasteiger partial charge in [0.2, 0.25) is 0 Å². The van der Waals surface area contributed by atoms with Crippen molar-refractivity contribution >= 4 is 45.6 Å². The lowest BCUT2D eigenvalue weighted by Crippen LogP contribution is -2.18. The number of para-hydroxylation sites is 2. The summed E-state index contributed by atoms with van der Waals surface area (Å²) in [6.07, 6.45) is 1.79. The molecule has 1 aliphatic rings. The average molecular weight is 437 g/mol. The molecule has 1 aliphatic heterocycles. The van der Waals surface area contributed by atoms with Gasteiger partial charge in [0.05, 0.1) is 23.7 Å². The Morgan fingerprint density at radius 1 is 1.16 bits per heavy atom. The zero-order chi connectivity index (χ0) is 21.4. The number of fused-ring (bicyclic) bond motifs is 2. The van der Waals surface area contributed by atoms with Crippen LogP contribution in [0.3, 0.4) is 0 Å². The number of nitrogen functional groups attached to an aromatic ring is 1. The van der Waals surface area contributed by atoms with Crippen molar-refractivity contribution in [2.45, 2.75) is 25.5 Å². The van der Waals surface area contributed by atoms with Crippen LogP contribution < -0.4 is 5.73 Å². The fourth-order valence-corrected chi connectivity index (χ4v) is 3.99. The van der Waals surface area contributed by atoms with Crippen molar-refractivity contribution in [3.63, 3.8) is 0 Å². The number of carbonyl (C=O) groups is 1. The summed E-state index contributed by atoms with van der Waals surface area (Å²) < 4.78 is 12.9. The van der Waals surface area contributed by atoms with Crippen molar-refractivity contribution in [3.05, 3.63) is 64.7 Å². The van der Waals surface area contributed by atoms with Gasteiger partial charge in [0.1, 0.15) is 23.5 Å². The standard InChI is InChI=1S/C23H21ClN4O3/c24-15-9-7-14(8-10-15)12-28-21(25)19(23(29)31-13-16-4-3-11-30-16)20-22(28)27-18-6-2-1-5-17(18)26-20/h1-2,5-10,16H,3-4,11-13,25H2/t16-/m0/s1. The summed E-state index contributed by atoms with van der Waals surface area (Å²) >= 11 is 6.02. The number of hydrogen-bond acceptors (Lipinski definition) is 6. The number of benzene rings is 2. The maximum absolute atomic E-state index is 13.0. The predicted octanol–water partition coefficient (Wildman–Crippen LogP) is 4.20. The smallest absolute Gasteiger partial charge is 0.344 e. The largest absolute Gasteiger partial charge is 0.459 e. The highest BCUT2D eigenvalue weighted by molar-refractivity contribution is 6.30. The van der Waals surface area contributed by atoms with Crippen molar-refractivity contribution < 1.29 is 14.3 Å². The molecule has 0 aliphatic carbocycles. The van der Waals surface area contributed by atoms with Gasteiger partial charge in [0.25, 0.3) is 0 Å². The first kappa shape index (κ1) is 19.8. The molecule has 0 radical (unpaired) electrons. The second-order valence-electron chi connectivity index (χ2n) is 7.59. The van der Waals surface area contributed by atoms with Gasteiger partial charge in [-0.3, -0.25) is 0 Å². The first-order valence-corrected chi connectivity index (χ1v) is 10.6. The zero-order valence-corrected chi connectivity index (χ0v) is 17.5. The maximum atomic E-state index is 13.0. The number of esters is 1. The van der Waals surface area contributed by atoms with Gasteiger partial charge in [-0.2, -0.15) is 0 Å². The van der Waals surface area contributed by atoms with E-state index >= 15 is 0 Å². The Bertz CT molecular complexity index is 1260. The van der Waals surface area contributed by atoms with Crippen molar-refractivity contribution in [3.8, 4) is 0 Å². The highest BCUT2D eigenvalue weighted by Gasteiger charge is 2.26. The summed E-state index contributed by atoms with van der Waals surface area (Å²) in [6, 6.07) is 15.0. The number of halogens is 1. The van der Waals surface area contributed by atoms with Crippen molar-refractivity contribution in [1.29, 1.82) is 0 Å². The van der Waals surface area contributed by atoms with E-state index in [0.717, 1.165) is 23.9 Å². The van der Waals surface area contributed by atoms with Crippen LogP contribution in [0, 0.1) is 0 Å². The Balaban J connectivity index is 1.59. The molecule has 0 amide bonds. The SMILES string of the molecule is Nc1c(C(=O)OC[C@@H]2CCCO2)c2nc3ccccc3nc2n1Cc1ccc(Cl)cc1. The molecule has 8 heteroatoms. The summed E-state index contributed by atoms with van der Waals surface area (Å²) in [5, 5.41) is 0.651. The molecular weight excluding hydrogens is 416 g/mol. The molecule has 3 heterocycles. The highest BCUT2D eigenvalue weighted by Crippen LogP contribution is 2.30. The molecule has 2 aromatic carbocycles. The number of carbonyl (C=O) groups excluding carboxylic acids is 1. The predicted molar refractivity (Wildman–Crippen MR) is 119 cm³/mol. The van der Waals surface area contributed by atoms with E-state index in [2.05, 4.69) is 0 Å². The summed E-state index contributed by atoms with van der Waals surface area (Å²) in [7, 11) is 0. The third-order valence-electron chi connectivity index (χ3n) is 5.47. The lowest BCUT2D eigenvalue weighted by molar-refractivity contribution is 0.0163. The van der Waals surface area contributed by atoms with E-state index in [-0.39, 0.29) is 24.1 Å². The lowest BCUT2D eigenvalue weighted by Gasteiger charge is -2.10. The van der Waals surface area contributed by atoms with Crippen LogP contribution in [0.15, 0.2) is 48.5 Å². The molecule has 2 aromatic heterocycles. The van der Waals surface area contributed by atoms with E-state index in [1.165, 1.54) is 0 Å². The Hall–Kier alpha value is -3.16. The number of rotatable bonds is 5. The lowest BCUT2D eigenvalue weighted by atomic mass is 10.2. The Kier molecular flexibility index (Phi) is 5.21. The van der Waals surface area contributed by atoms with Crippen molar-refractivity contribution in [2.24, 2.45) is 0 Å². The molecular formula is C23H21ClN4O3. The third kappa shape index (κ3) is 3.82. The topological polar surface area (TPSA) is 92.3 Å². The Morgan fingerprint density at radius 2 is 1.90 bits per heavy atom. The van der Waals surface area contributed by atoms with Crippen LogP contribution in [0.5, 0.6) is 0 Å². The summed E-state index contributed by atoms with van der Waals surface area (Å²) in [5.74, 6) is -0.241. The number of hydrogen-bond donors (Lipinski definition) is 1. The summed E-state index contributed by atoms with van der Waals surface area (Å²) in [6.45, 7) is 1.32. The molecule has 7 nitrogen and oxygen atoms in total. The zero-order valence-electron chi connectivity index (χ0n) is 16.8. The number of nitrogens with zero attached hydrogens (tertiary/aromatic N) is 3. The van der Waals surface area contributed by atoms with Gasteiger partial charge in [0.15, 0.2) is 5.65 Å². The Morgan fingerprint density at radius 3 is 2.61 bits per heavy atom. The maximum Gasteiger partial charge on any atom is 0.344 e. The minimum atomic E-state index is -0.516. The van der Waals surface area contributed by atoms with Crippen LogP contribution in [0.4, 0.5) is 5.82 Å². The van der Waals surface area contributed by atoms with E-state index in [0.29, 0.717) is 34.9 Å². The molecule has 0 unspecified atom stereocenters. The van der Waals surface area contributed by atoms with E-state index in [1.54, 1.807) is 4.57 Å². The summed E-state index contributed by atoms with van der Waals surface area (Å²) in [5.41, 5.74) is 10.1. The number of nitrogens with two attached hydrogens (primary N) is 1. The minimum Gasteiger partial charge on any atom is -0.459 e. The quantitative estimate of drug-likeness (QED) is 0.471. The van der Waals surface area contributed by atoms with E-state index in [9.17, 15) is 4.79 Å². The molecule has 1 saturated heterocycles. The third-order valence-corrected chi connectivity index (χ3v) is 5.73. The molecule has 4 aromatic rings. The van der Waals surface area contributed by atoms with Crippen molar-refractivity contribution in [1.82, 2.24) is 14.5 Å². The first-order valence-electron chi connectivity index (χ1n) is 10.2. The number of aromatic nitrogens is 3. The van der Waals surface area contributed by atoms with Gasteiger partial charge in [-0.05, 0) is 42.7 Å².